The fourth-order valence-corrected chi connectivity index (χ4v) is 4.16. The standard InChI is InChI=1S/C22H33NO2/c1-2-21(22(24)23-19-12-6-4-3-5-7-13-19)25-20-15-14-17-10-8-9-11-18(17)16-20/h14-16,19,21H,2-13H2,1H3,(H,23,24)/t21-/m1/s1. The van der Waals surface area contributed by atoms with Crippen molar-refractivity contribution in [2.24, 2.45) is 0 Å². The zero-order chi connectivity index (χ0) is 17.5. The van der Waals surface area contributed by atoms with Gasteiger partial charge in [0.15, 0.2) is 6.10 Å². The van der Waals surface area contributed by atoms with Crippen LogP contribution in [0, 0.1) is 0 Å². The fraction of sp³-hybridized carbons (Fsp3) is 0.682. The van der Waals surface area contributed by atoms with Crippen LogP contribution >= 0.6 is 0 Å². The van der Waals surface area contributed by atoms with Crippen molar-refractivity contribution in [3.63, 3.8) is 0 Å². The Morgan fingerprint density at radius 2 is 1.72 bits per heavy atom. The third-order valence-corrected chi connectivity index (χ3v) is 5.71. The SMILES string of the molecule is CC[C@@H](Oc1ccc2c(c1)CCCC2)C(=O)NC1CCCCCCC1. The van der Waals surface area contributed by atoms with Crippen molar-refractivity contribution in [3.8, 4) is 5.75 Å². The van der Waals surface area contributed by atoms with E-state index in [0.717, 1.165) is 25.0 Å². The average Bonchev–Trinajstić information content (AvgIpc) is 2.61. The molecule has 0 aromatic heterocycles. The monoisotopic (exact) mass is 343 g/mol. The van der Waals surface area contributed by atoms with Crippen LogP contribution in [-0.2, 0) is 17.6 Å². The van der Waals surface area contributed by atoms with E-state index in [2.05, 4.69) is 17.4 Å². The van der Waals surface area contributed by atoms with Crippen molar-refractivity contribution >= 4 is 5.91 Å². The van der Waals surface area contributed by atoms with Gasteiger partial charge < -0.3 is 10.1 Å². The molecular formula is C22H33NO2. The summed E-state index contributed by atoms with van der Waals surface area (Å²) in [4.78, 5) is 12.7. The van der Waals surface area contributed by atoms with Crippen molar-refractivity contribution < 1.29 is 9.53 Å². The maximum absolute atomic E-state index is 12.7. The lowest BCUT2D eigenvalue weighted by Gasteiger charge is -2.25. The summed E-state index contributed by atoms with van der Waals surface area (Å²) < 4.78 is 6.08. The predicted octanol–water partition coefficient (Wildman–Crippen LogP) is 4.95. The number of ether oxygens (including phenoxy) is 1. The topological polar surface area (TPSA) is 38.3 Å². The highest BCUT2D eigenvalue weighted by molar-refractivity contribution is 5.81. The Bertz CT molecular complexity index is 561. The smallest absolute Gasteiger partial charge is 0.261 e. The van der Waals surface area contributed by atoms with Crippen LogP contribution < -0.4 is 10.1 Å². The van der Waals surface area contributed by atoms with E-state index in [0.29, 0.717) is 12.5 Å². The Kier molecular flexibility index (Phi) is 6.77. The molecule has 2 aliphatic rings. The van der Waals surface area contributed by atoms with Crippen molar-refractivity contribution in [1.82, 2.24) is 5.32 Å². The molecule has 25 heavy (non-hydrogen) atoms. The molecule has 0 saturated heterocycles. The largest absolute Gasteiger partial charge is 0.481 e. The lowest BCUT2D eigenvalue weighted by Crippen LogP contribution is -2.43. The summed E-state index contributed by atoms with van der Waals surface area (Å²) in [6, 6.07) is 6.70. The van der Waals surface area contributed by atoms with E-state index >= 15 is 0 Å². The highest BCUT2D eigenvalue weighted by Crippen LogP contribution is 2.26. The molecule has 0 spiro atoms. The third-order valence-electron chi connectivity index (χ3n) is 5.71. The van der Waals surface area contributed by atoms with E-state index < -0.39 is 0 Å². The summed E-state index contributed by atoms with van der Waals surface area (Å²) in [6.07, 6.45) is 13.8. The molecule has 3 nitrogen and oxygen atoms in total. The second-order valence-corrected chi connectivity index (χ2v) is 7.70. The van der Waals surface area contributed by atoms with Gasteiger partial charge in [0.1, 0.15) is 5.75 Å². The summed E-state index contributed by atoms with van der Waals surface area (Å²) in [6.45, 7) is 2.03. The first-order valence-electron chi connectivity index (χ1n) is 10.3. The predicted molar refractivity (Wildman–Crippen MR) is 102 cm³/mol. The number of nitrogens with one attached hydrogen (secondary N) is 1. The molecule has 1 fully saturated rings. The van der Waals surface area contributed by atoms with Crippen LogP contribution in [0.2, 0.25) is 0 Å². The average molecular weight is 344 g/mol. The van der Waals surface area contributed by atoms with Gasteiger partial charge in [-0.15, -0.1) is 0 Å². The van der Waals surface area contributed by atoms with E-state index in [1.165, 1.54) is 62.5 Å². The van der Waals surface area contributed by atoms with Crippen LogP contribution in [0.4, 0.5) is 0 Å². The molecule has 0 unspecified atom stereocenters. The number of hydrogen-bond acceptors (Lipinski definition) is 2. The molecule has 0 bridgehead atoms. The highest BCUT2D eigenvalue weighted by atomic mass is 16.5. The molecule has 1 aromatic carbocycles. The summed E-state index contributed by atoms with van der Waals surface area (Å²) in [5, 5.41) is 3.26. The Labute approximate surface area is 152 Å². The maximum Gasteiger partial charge on any atom is 0.261 e. The van der Waals surface area contributed by atoms with Crippen molar-refractivity contribution in [3.05, 3.63) is 29.3 Å². The number of benzene rings is 1. The molecule has 1 N–H and O–H groups in total. The first-order valence-corrected chi connectivity index (χ1v) is 10.3. The molecule has 3 rings (SSSR count). The van der Waals surface area contributed by atoms with Gasteiger partial charge in [-0.25, -0.2) is 0 Å². The summed E-state index contributed by atoms with van der Waals surface area (Å²) >= 11 is 0. The van der Waals surface area contributed by atoms with E-state index in [1.807, 2.05) is 13.0 Å². The third kappa shape index (κ3) is 5.23. The van der Waals surface area contributed by atoms with Gasteiger partial charge in [-0.1, -0.05) is 45.1 Å². The number of rotatable bonds is 5. The Balaban J connectivity index is 1.58. The van der Waals surface area contributed by atoms with E-state index in [-0.39, 0.29) is 12.0 Å². The van der Waals surface area contributed by atoms with E-state index in [4.69, 9.17) is 4.74 Å². The van der Waals surface area contributed by atoms with Gasteiger partial charge in [0.2, 0.25) is 0 Å². The lowest BCUT2D eigenvalue weighted by atomic mass is 9.92. The van der Waals surface area contributed by atoms with Gasteiger partial charge >= 0.3 is 0 Å². The van der Waals surface area contributed by atoms with E-state index in [9.17, 15) is 4.79 Å². The minimum absolute atomic E-state index is 0.0609. The maximum atomic E-state index is 12.7. The summed E-state index contributed by atoms with van der Waals surface area (Å²) in [7, 11) is 0. The highest BCUT2D eigenvalue weighted by Gasteiger charge is 2.22. The van der Waals surface area contributed by atoms with Gasteiger partial charge in [0.25, 0.3) is 5.91 Å². The van der Waals surface area contributed by atoms with Gasteiger partial charge in [-0.3, -0.25) is 4.79 Å². The van der Waals surface area contributed by atoms with Crippen molar-refractivity contribution in [2.45, 2.75) is 96.1 Å². The van der Waals surface area contributed by atoms with Crippen molar-refractivity contribution in [2.75, 3.05) is 0 Å². The normalized spacial score (nSPS) is 20.0. The molecule has 2 aliphatic carbocycles. The van der Waals surface area contributed by atoms with Crippen LogP contribution in [0.3, 0.4) is 0 Å². The van der Waals surface area contributed by atoms with Gasteiger partial charge in [-0.05, 0) is 68.2 Å². The summed E-state index contributed by atoms with van der Waals surface area (Å²) in [5.41, 5.74) is 2.85. The zero-order valence-corrected chi connectivity index (χ0v) is 15.7. The number of carbonyl (C=O) groups is 1. The molecule has 1 amide bonds. The number of fused-ring (bicyclic) bond motifs is 1. The zero-order valence-electron chi connectivity index (χ0n) is 15.7. The minimum atomic E-state index is -0.382. The first-order chi connectivity index (χ1) is 12.3. The fourth-order valence-electron chi connectivity index (χ4n) is 4.16. The van der Waals surface area contributed by atoms with Crippen LogP contribution in [0.1, 0.15) is 82.3 Å². The van der Waals surface area contributed by atoms with Crippen molar-refractivity contribution in [1.29, 1.82) is 0 Å². The molecule has 1 aromatic rings. The van der Waals surface area contributed by atoms with Crippen LogP contribution in [0.15, 0.2) is 18.2 Å². The molecule has 0 aliphatic heterocycles. The first kappa shape index (κ1) is 18.3. The molecule has 0 heterocycles. The van der Waals surface area contributed by atoms with Crippen LogP contribution in [0.5, 0.6) is 5.75 Å². The molecule has 1 saturated carbocycles. The Morgan fingerprint density at radius 1 is 1.04 bits per heavy atom. The van der Waals surface area contributed by atoms with Crippen LogP contribution in [-0.4, -0.2) is 18.1 Å². The van der Waals surface area contributed by atoms with Gasteiger partial charge in [0.05, 0.1) is 0 Å². The number of carbonyl (C=O) groups excluding carboxylic acids is 1. The molecule has 3 heteroatoms. The Hall–Kier alpha value is -1.51. The second-order valence-electron chi connectivity index (χ2n) is 7.70. The minimum Gasteiger partial charge on any atom is -0.481 e. The molecule has 1 atom stereocenters. The number of hydrogen-bond donors (Lipinski definition) is 1. The van der Waals surface area contributed by atoms with E-state index in [1.54, 1.807) is 0 Å². The second kappa shape index (κ2) is 9.26. The summed E-state index contributed by atoms with van der Waals surface area (Å²) in [5.74, 6) is 0.908. The number of aryl methyl sites for hydroxylation is 2. The quantitative estimate of drug-likeness (QED) is 0.821. The number of amides is 1. The van der Waals surface area contributed by atoms with Gasteiger partial charge in [0, 0.05) is 6.04 Å². The Morgan fingerprint density at radius 3 is 2.44 bits per heavy atom. The van der Waals surface area contributed by atoms with Crippen LogP contribution in [0.25, 0.3) is 0 Å². The lowest BCUT2D eigenvalue weighted by molar-refractivity contribution is -0.129. The molecule has 0 radical (unpaired) electrons. The molecule has 138 valence electrons. The molecular weight excluding hydrogens is 310 g/mol. The van der Waals surface area contributed by atoms with Gasteiger partial charge in [-0.2, -0.15) is 0 Å².